The van der Waals surface area contributed by atoms with Crippen LogP contribution in [0.1, 0.15) is 5.56 Å². The van der Waals surface area contributed by atoms with Crippen molar-refractivity contribution in [1.29, 1.82) is 0 Å². The van der Waals surface area contributed by atoms with Crippen LogP contribution in [-0.2, 0) is 0 Å². The lowest BCUT2D eigenvalue weighted by Crippen LogP contribution is -1.88. The number of nitrogens with zero attached hydrogens (tertiary/aromatic N) is 3. The summed E-state index contributed by atoms with van der Waals surface area (Å²) < 4.78 is 0. The quantitative estimate of drug-likeness (QED) is 0.584. The first kappa shape index (κ1) is 10.6. The first-order chi connectivity index (χ1) is 7.81. The molecule has 0 spiro atoms. The van der Waals surface area contributed by atoms with Gasteiger partial charge in [-0.15, -0.1) is 0 Å². The van der Waals surface area contributed by atoms with E-state index < -0.39 is 0 Å². The molecular weight excluding hydrogens is 218 g/mol. The predicted octanol–water partition coefficient (Wildman–Crippen LogP) is 3.19. The number of aliphatic imine (C=N–C) groups is 1. The Morgan fingerprint density at radius 1 is 1.38 bits per heavy atom. The van der Waals surface area contributed by atoms with Gasteiger partial charge in [0.05, 0.1) is 22.7 Å². The zero-order valence-corrected chi connectivity index (χ0v) is 9.53. The Morgan fingerprint density at radius 3 is 2.88 bits per heavy atom. The fraction of sp³-hybridized carbons (Fsp3) is 0.0833. The number of thiocarbonyl (C=S) groups is 1. The average Bonchev–Trinajstić information content (AvgIpc) is 2.31. The van der Waals surface area contributed by atoms with Crippen molar-refractivity contribution in [3.8, 4) is 11.3 Å². The van der Waals surface area contributed by atoms with E-state index in [4.69, 9.17) is 0 Å². The molecule has 0 saturated heterocycles. The van der Waals surface area contributed by atoms with Crippen molar-refractivity contribution < 1.29 is 0 Å². The first-order valence-electron chi connectivity index (χ1n) is 4.76. The summed E-state index contributed by atoms with van der Waals surface area (Å²) in [4.78, 5) is 12.3. The van der Waals surface area contributed by atoms with Crippen LogP contribution in [0.4, 0.5) is 5.69 Å². The van der Waals surface area contributed by atoms with Crippen molar-refractivity contribution in [2.45, 2.75) is 6.92 Å². The van der Waals surface area contributed by atoms with Gasteiger partial charge in [0.25, 0.3) is 0 Å². The molecule has 3 nitrogen and oxygen atoms in total. The van der Waals surface area contributed by atoms with Gasteiger partial charge in [0.2, 0.25) is 0 Å². The number of pyridine rings is 2. The summed E-state index contributed by atoms with van der Waals surface area (Å²) in [7, 11) is 0. The minimum absolute atomic E-state index is 0.722. The van der Waals surface area contributed by atoms with Crippen LogP contribution < -0.4 is 0 Å². The van der Waals surface area contributed by atoms with Crippen LogP contribution in [0.2, 0.25) is 0 Å². The fourth-order valence-corrected chi connectivity index (χ4v) is 1.58. The summed E-state index contributed by atoms with van der Waals surface area (Å²) in [5, 5.41) is 2.33. The van der Waals surface area contributed by atoms with Crippen LogP contribution >= 0.6 is 12.2 Å². The molecule has 2 aromatic heterocycles. The average molecular weight is 227 g/mol. The Labute approximate surface area is 98.9 Å². The highest BCUT2D eigenvalue weighted by Gasteiger charge is 2.03. The second-order valence-corrected chi connectivity index (χ2v) is 3.49. The second-order valence-electron chi connectivity index (χ2n) is 3.30. The van der Waals surface area contributed by atoms with Crippen molar-refractivity contribution in [2.24, 2.45) is 4.99 Å². The van der Waals surface area contributed by atoms with E-state index in [0.29, 0.717) is 0 Å². The van der Waals surface area contributed by atoms with Gasteiger partial charge in [0.1, 0.15) is 0 Å². The molecule has 78 valence electrons. The van der Waals surface area contributed by atoms with E-state index in [1.807, 2.05) is 25.1 Å². The molecule has 0 fully saturated rings. The zero-order chi connectivity index (χ0) is 11.4. The van der Waals surface area contributed by atoms with E-state index >= 15 is 0 Å². The summed E-state index contributed by atoms with van der Waals surface area (Å²) in [5.41, 5.74) is 3.67. The second kappa shape index (κ2) is 4.75. The topological polar surface area (TPSA) is 38.1 Å². The Bertz CT molecular complexity index is 545. The van der Waals surface area contributed by atoms with Gasteiger partial charge in [-0.3, -0.25) is 9.97 Å². The monoisotopic (exact) mass is 227 g/mol. The van der Waals surface area contributed by atoms with Crippen molar-refractivity contribution in [3.63, 3.8) is 0 Å². The van der Waals surface area contributed by atoms with Crippen LogP contribution in [-0.4, -0.2) is 15.1 Å². The van der Waals surface area contributed by atoms with Gasteiger partial charge in [-0.25, -0.2) is 0 Å². The largest absolute Gasteiger partial charge is 0.264 e. The standard InChI is InChI=1S/C12H9N3S/c1-9-5-11(15-8-16)7-14-12(9)10-3-2-4-13-6-10/h2-7H,1H3. The Kier molecular flexibility index (Phi) is 3.15. The molecule has 0 aliphatic carbocycles. The lowest BCUT2D eigenvalue weighted by atomic mass is 10.1. The van der Waals surface area contributed by atoms with E-state index in [2.05, 4.69) is 32.3 Å². The highest BCUT2D eigenvalue weighted by atomic mass is 32.1. The van der Waals surface area contributed by atoms with Gasteiger partial charge in [-0.2, -0.15) is 4.99 Å². The van der Waals surface area contributed by atoms with Crippen molar-refractivity contribution in [2.75, 3.05) is 0 Å². The highest BCUT2D eigenvalue weighted by molar-refractivity contribution is 7.78. The minimum Gasteiger partial charge on any atom is -0.264 e. The summed E-state index contributed by atoms with van der Waals surface area (Å²) in [6.07, 6.45) is 5.20. The third-order valence-electron chi connectivity index (χ3n) is 2.17. The first-order valence-corrected chi connectivity index (χ1v) is 5.17. The van der Waals surface area contributed by atoms with E-state index in [-0.39, 0.29) is 0 Å². The van der Waals surface area contributed by atoms with E-state index in [1.165, 1.54) is 0 Å². The molecule has 0 atom stereocenters. The van der Waals surface area contributed by atoms with Crippen molar-refractivity contribution >= 4 is 23.1 Å². The Balaban J connectivity index is 2.48. The molecular formula is C12H9N3S. The molecule has 16 heavy (non-hydrogen) atoms. The summed E-state index contributed by atoms with van der Waals surface area (Å²) in [5.74, 6) is 0. The maximum atomic E-state index is 4.55. The number of aromatic nitrogens is 2. The molecule has 0 N–H and O–H groups in total. The molecule has 0 amide bonds. The van der Waals surface area contributed by atoms with Gasteiger partial charge in [-0.1, -0.05) is 0 Å². The maximum Gasteiger partial charge on any atom is 0.0925 e. The molecule has 0 radical (unpaired) electrons. The molecule has 2 rings (SSSR count). The Morgan fingerprint density at radius 2 is 2.25 bits per heavy atom. The van der Waals surface area contributed by atoms with Crippen LogP contribution in [0, 0.1) is 6.92 Å². The van der Waals surface area contributed by atoms with E-state index in [1.54, 1.807) is 18.6 Å². The van der Waals surface area contributed by atoms with Gasteiger partial charge in [-0.05, 0) is 42.9 Å². The SMILES string of the molecule is Cc1cc(N=C=S)cnc1-c1cccnc1. The number of hydrogen-bond donors (Lipinski definition) is 0. The number of aryl methyl sites for hydroxylation is 1. The van der Waals surface area contributed by atoms with Crippen LogP contribution in [0.5, 0.6) is 0 Å². The summed E-state index contributed by atoms with van der Waals surface area (Å²) in [6.45, 7) is 1.98. The normalized spacial score (nSPS) is 9.56. The molecule has 0 aliphatic heterocycles. The number of rotatable bonds is 2. The molecule has 4 heteroatoms. The lowest BCUT2D eigenvalue weighted by molar-refractivity contribution is 1.23. The molecule has 2 aromatic rings. The van der Waals surface area contributed by atoms with Gasteiger partial charge >= 0.3 is 0 Å². The van der Waals surface area contributed by atoms with Crippen LogP contribution in [0.25, 0.3) is 11.3 Å². The third kappa shape index (κ3) is 2.19. The molecule has 0 aliphatic rings. The van der Waals surface area contributed by atoms with Gasteiger partial charge in [0.15, 0.2) is 0 Å². The van der Waals surface area contributed by atoms with Gasteiger partial charge in [0, 0.05) is 18.0 Å². The Hall–Kier alpha value is -1.90. The van der Waals surface area contributed by atoms with Crippen molar-refractivity contribution in [3.05, 3.63) is 42.4 Å². The predicted molar refractivity (Wildman–Crippen MR) is 66.9 cm³/mol. The summed E-state index contributed by atoms with van der Waals surface area (Å²) >= 11 is 4.55. The molecule has 0 aromatic carbocycles. The van der Waals surface area contributed by atoms with Gasteiger partial charge < -0.3 is 0 Å². The molecule has 2 heterocycles. The fourth-order valence-electron chi connectivity index (χ4n) is 1.48. The summed E-state index contributed by atoms with van der Waals surface area (Å²) in [6, 6.07) is 5.79. The molecule has 0 bridgehead atoms. The van der Waals surface area contributed by atoms with Crippen LogP contribution in [0.15, 0.2) is 41.8 Å². The van der Waals surface area contributed by atoms with E-state index in [9.17, 15) is 0 Å². The minimum atomic E-state index is 0.722. The maximum absolute atomic E-state index is 4.55. The van der Waals surface area contributed by atoms with E-state index in [0.717, 1.165) is 22.5 Å². The number of isothiocyanates is 1. The highest BCUT2D eigenvalue weighted by Crippen LogP contribution is 2.23. The van der Waals surface area contributed by atoms with Crippen molar-refractivity contribution in [1.82, 2.24) is 9.97 Å². The lowest BCUT2D eigenvalue weighted by Gasteiger charge is -2.04. The van der Waals surface area contributed by atoms with Crippen LogP contribution in [0.3, 0.4) is 0 Å². The zero-order valence-electron chi connectivity index (χ0n) is 8.71. The number of hydrogen-bond acceptors (Lipinski definition) is 4. The molecule has 0 unspecified atom stereocenters. The third-order valence-corrected chi connectivity index (χ3v) is 2.26. The molecule has 0 saturated carbocycles. The smallest absolute Gasteiger partial charge is 0.0925 e.